The Bertz CT molecular complexity index is 883. The Kier molecular flexibility index (Phi) is 5.15. The molecule has 0 atom stereocenters. The molecule has 1 aliphatic heterocycles. The summed E-state index contributed by atoms with van der Waals surface area (Å²) >= 11 is 3.26. The lowest BCUT2D eigenvalue weighted by Crippen LogP contribution is -2.48. The zero-order chi connectivity index (χ0) is 17.9. The highest BCUT2D eigenvalue weighted by atomic mass is 32.1. The Morgan fingerprint density at radius 2 is 1.92 bits per heavy atom. The lowest BCUT2D eigenvalue weighted by atomic mass is 10.2. The van der Waals surface area contributed by atoms with Crippen molar-refractivity contribution in [2.24, 2.45) is 0 Å². The predicted molar refractivity (Wildman–Crippen MR) is 105 cm³/mol. The summed E-state index contributed by atoms with van der Waals surface area (Å²) < 4.78 is 13.4. The quantitative estimate of drug-likeness (QED) is 0.656. The van der Waals surface area contributed by atoms with Gasteiger partial charge in [0, 0.05) is 47.9 Å². The van der Waals surface area contributed by atoms with Crippen LogP contribution in [0.5, 0.6) is 0 Å². The fourth-order valence-corrected chi connectivity index (χ4v) is 4.83. The van der Waals surface area contributed by atoms with Crippen molar-refractivity contribution in [1.29, 1.82) is 0 Å². The van der Waals surface area contributed by atoms with Gasteiger partial charge in [-0.2, -0.15) is 11.3 Å². The molecule has 3 nitrogen and oxygen atoms in total. The van der Waals surface area contributed by atoms with Crippen LogP contribution in [0.4, 0.5) is 4.39 Å². The Hall–Kier alpha value is -2.02. The molecule has 3 aromatic rings. The number of hydrogen-bond acceptors (Lipinski definition) is 4. The van der Waals surface area contributed by atoms with Crippen LogP contribution in [-0.4, -0.2) is 41.9 Å². The highest BCUT2D eigenvalue weighted by molar-refractivity contribution is 7.15. The van der Waals surface area contributed by atoms with E-state index in [-0.39, 0.29) is 11.7 Å². The molecular formula is C20H19FN2OS2. The van der Waals surface area contributed by atoms with Gasteiger partial charge in [-0.15, -0.1) is 11.3 Å². The first-order valence-corrected chi connectivity index (χ1v) is 10.3. The lowest BCUT2D eigenvalue weighted by Gasteiger charge is -2.34. The molecule has 1 aromatic carbocycles. The van der Waals surface area contributed by atoms with Crippen LogP contribution in [0.1, 0.15) is 15.2 Å². The van der Waals surface area contributed by atoms with Crippen molar-refractivity contribution in [2.45, 2.75) is 6.54 Å². The average molecular weight is 387 g/mol. The van der Waals surface area contributed by atoms with Gasteiger partial charge in [0.1, 0.15) is 5.82 Å². The number of nitrogens with zero attached hydrogens (tertiary/aromatic N) is 2. The number of amides is 1. The minimum absolute atomic E-state index is 0.135. The van der Waals surface area contributed by atoms with Gasteiger partial charge in [-0.3, -0.25) is 9.69 Å². The molecule has 0 bridgehead atoms. The van der Waals surface area contributed by atoms with Gasteiger partial charge in [0.15, 0.2) is 0 Å². The summed E-state index contributed by atoms with van der Waals surface area (Å²) in [7, 11) is 0. The van der Waals surface area contributed by atoms with Gasteiger partial charge in [-0.1, -0.05) is 12.1 Å². The molecule has 0 aliphatic carbocycles. The smallest absolute Gasteiger partial charge is 0.254 e. The summed E-state index contributed by atoms with van der Waals surface area (Å²) in [5, 5.41) is 3.85. The molecule has 0 radical (unpaired) electrons. The molecule has 4 rings (SSSR count). The minimum atomic E-state index is -0.205. The van der Waals surface area contributed by atoms with Crippen LogP contribution in [-0.2, 0) is 6.54 Å². The topological polar surface area (TPSA) is 23.6 Å². The first kappa shape index (κ1) is 17.4. The van der Waals surface area contributed by atoms with E-state index in [4.69, 9.17) is 0 Å². The van der Waals surface area contributed by atoms with Crippen molar-refractivity contribution in [3.63, 3.8) is 0 Å². The molecule has 6 heteroatoms. The van der Waals surface area contributed by atoms with Gasteiger partial charge in [0.05, 0.1) is 5.56 Å². The maximum Gasteiger partial charge on any atom is 0.254 e. The molecule has 0 unspecified atom stereocenters. The molecular weight excluding hydrogens is 367 g/mol. The summed E-state index contributed by atoms with van der Waals surface area (Å²) in [5.74, 6) is -0.0701. The zero-order valence-corrected chi connectivity index (χ0v) is 15.9. The predicted octanol–water partition coefficient (Wildman–Crippen LogP) is 4.57. The van der Waals surface area contributed by atoms with E-state index in [2.05, 4.69) is 17.0 Å². The highest BCUT2D eigenvalue weighted by Crippen LogP contribution is 2.29. The Morgan fingerprint density at radius 3 is 2.65 bits per heavy atom. The molecule has 26 heavy (non-hydrogen) atoms. The second kappa shape index (κ2) is 7.70. The lowest BCUT2D eigenvalue weighted by molar-refractivity contribution is 0.0630. The van der Waals surface area contributed by atoms with Gasteiger partial charge in [-0.05, 0) is 41.3 Å². The van der Waals surface area contributed by atoms with Crippen molar-refractivity contribution in [3.05, 3.63) is 69.5 Å². The van der Waals surface area contributed by atoms with Gasteiger partial charge in [-0.25, -0.2) is 4.39 Å². The van der Waals surface area contributed by atoms with E-state index in [1.807, 2.05) is 27.8 Å². The maximum absolute atomic E-state index is 13.4. The Balaban J connectivity index is 1.34. The van der Waals surface area contributed by atoms with Crippen molar-refractivity contribution in [3.8, 4) is 10.4 Å². The molecule has 134 valence electrons. The molecule has 0 saturated carbocycles. The van der Waals surface area contributed by atoms with Crippen molar-refractivity contribution in [1.82, 2.24) is 9.80 Å². The number of carbonyl (C=O) groups excluding carboxylic acids is 1. The van der Waals surface area contributed by atoms with E-state index >= 15 is 0 Å². The van der Waals surface area contributed by atoms with Crippen LogP contribution >= 0.6 is 22.7 Å². The normalized spacial score (nSPS) is 15.3. The van der Waals surface area contributed by atoms with E-state index in [9.17, 15) is 9.18 Å². The fraction of sp³-hybridized carbons (Fsp3) is 0.250. The Labute approximate surface area is 160 Å². The number of rotatable bonds is 4. The van der Waals surface area contributed by atoms with Crippen molar-refractivity contribution >= 4 is 28.6 Å². The molecule has 1 saturated heterocycles. The molecule has 0 spiro atoms. The third kappa shape index (κ3) is 3.87. The summed E-state index contributed by atoms with van der Waals surface area (Å²) in [6, 6.07) is 12.8. The first-order chi connectivity index (χ1) is 12.7. The number of piperazine rings is 1. The molecule has 2 aromatic heterocycles. The van der Waals surface area contributed by atoms with Crippen LogP contribution in [0.25, 0.3) is 10.4 Å². The number of hydrogen-bond donors (Lipinski definition) is 0. The molecule has 3 heterocycles. The number of thiophene rings is 2. The largest absolute Gasteiger partial charge is 0.336 e. The average Bonchev–Trinajstić information content (AvgIpc) is 3.34. The van der Waals surface area contributed by atoms with E-state index in [0.29, 0.717) is 0 Å². The SMILES string of the molecule is O=C(c1ccsc1)N1CCN(Cc2ccc(-c3cccc(F)c3)s2)CC1. The van der Waals surface area contributed by atoms with Crippen LogP contribution in [0, 0.1) is 5.82 Å². The monoisotopic (exact) mass is 386 g/mol. The fourth-order valence-electron chi connectivity index (χ4n) is 3.16. The molecule has 1 fully saturated rings. The van der Waals surface area contributed by atoms with Gasteiger partial charge in [0.25, 0.3) is 5.91 Å². The zero-order valence-electron chi connectivity index (χ0n) is 14.2. The van der Waals surface area contributed by atoms with E-state index in [0.717, 1.165) is 48.7 Å². The summed E-state index contributed by atoms with van der Waals surface area (Å²) in [6.45, 7) is 4.15. The summed E-state index contributed by atoms with van der Waals surface area (Å²) in [6.07, 6.45) is 0. The minimum Gasteiger partial charge on any atom is -0.336 e. The van der Waals surface area contributed by atoms with E-state index < -0.39 is 0 Å². The van der Waals surface area contributed by atoms with Crippen molar-refractivity contribution in [2.75, 3.05) is 26.2 Å². The third-order valence-electron chi connectivity index (χ3n) is 4.58. The van der Waals surface area contributed by atoms with E-state index in [1.165, 1.54) is 10.9 Å². The van der Waals surface area contributed by atoms with Gasteiger partial charge < -0.3 is 4.90 Å². The highest BCUT2D eigenvalue weighted by Gasteiger charge is 2.22. The van der Waals surface area contributed by atoms with Crippen LogP contribution in [0.3, 0.4) is 0 Å². The molecule has 1 amide bonds. The van der Waals surface area contributed by atoms with E-state index in [1.54, 1.807) is 34.8 Å². The summed E-state index contributed by atoms with van der Waals surface area (Å²) in [4.78, 5) is 19.1. The molecule has 0 N–H and O–H groups in total. The van der Waals surface area contributed by atoms with Crippen LogP contribution in [0.2, 0.25) is 0 Å². The number of halogens is 1. The number of carbonyl (C=O) groups is 1. The van der Waals surface area contributed by atoms with Crippen molar-refractivity contribution < 1.29 is 9.18 Å². The van der Waals surface area contributed by atoms with Gasteiger partial charge in [0.2, 0.25) is 0 Å². The summed E-state index contributed by atoms with van der Waals surface area (Å²) in [5.41, 5.74) is 1.72. The third-order valence-corrected chi connectivity index (χ3v) is 6.38. The first-order valence-electron chi connectivity index (χ1n) is 8.57. The van der Waals surface area contributed by atoms with Crippen LogP contribution in [0.15, 0.2) is 53.2 Å². The van der Waals surface area contributed by atoms with Gasteiger partial charge >= 0.3 is 0 Å². The van der Waals surface area contributed by atoms with Crippen LogP contribution < -0.4 is 0 Å². The Morgan fingerprint density at radius 1 is 1.08 bits per heavy atom. The maximum atomic E-state index is 13.4. The number of benzene rings is 1. The second-order valence-electron chi connectivity index (χ2n) is 6.36. The molecule has 1 aliphatic rings. The standard InChI is InChI=1S/C20H19FN2OS2/c21-17-3-1-2-15(12-17)19-5-4-18(26-19)13-22-7-9-23(10-8-22)20(24)16-6-11-25-14-16/h1-6,11-12,14H,7-10,13H2. The second-order valence-corrected chi connectivity index (χ2v) is 8.31.